The highest BCUT2D eigenvalue weighted by Crippen LogP contribution is 2.35. The molecule has 0 spiro atoms. The Balaban J connectivity index is 2.55. The molecule has 1 heterocycles. The summed E-state index contributed by atoms with van der Waals surface area (Å²) in [5.41, 5.74) is 1.78. The van der Waals surface area contributed by atoms with Gasteiger partial charge in [-0.1, -0.05) is 6.42 Å². The molecule has 0 aliphatic heterocycles. The van der Waals surface area contributed by atoms with Crippen molar-refractivity contribution >= 4 is 12.2 Å². The summed E-state index contributed by atoms with van der Waals surface area (Å²) in [6.07, 6.45) is 3.61. The molecule has 0 aromatic carbocycles. The molecule has 0 radical (unpaired) electrons. The van der Waals surface area contributed by atoms with Crippen molar-refractivity contribution in [2.45, 2.75) is 32.1 Å². The number of nitrogens with one attached hydrogen (secondary N) is 2. The van der Waals surface area contributed by atoms with Crippen LogP contribution in [-0.2, 0) is 0 Å². The van der Waals surface area contributed by atoms with E-state index in [1.807, 2.05) is 6.92 Å². The van der Waals surface area contributed by atoms with Gasteiger partial charge in [0.1, 0.15) is 0 Å². The average Bonchev–Trinajstić information content (AvgIpc) is 1.95. The maximum Gasteiger partial charge on any atom is 0.254 e. The van der Waals surface area contributed by atoms with Crippen molar-refractivity contribution in [3.05, 3.63) is 26.4 Å². The lowest BCUT2D eigenvalue weighted by Crippen LogP contribution is -2.20. The van der Waals surface area contributed by atoms with Crippen molar-refractivity contribution in [2.75, 3.05) is 0 Å². The van der Waals surface area contributed by atoms with Gasteiger partial charge in [-0.05, 0) is 37.9 Å². The lowest BCUT2D eigenvalue weighted by atomic mass is 9.81. The van der Waals surface area contributed by atoms with E-state index in [0.29, 0.717) is 10.7 Å². The standard InChI is InChI=1S/C9H12N2OS/c1-5-7(6-3-2-4-6)10-9(13)11-8(5)12/h6H,2-4H2,1H3,(H2,10,11,12,13). The van der Waals surface area contributed by atoms with Gasteiger partial charge in [0.25, 0.3) is 5.56 Å². The predicted molar refractivity (Wildman–Crippen MR) is 53.6 cm³/mol. The second-order valence-electron chi connectivity index (χ2n) is 3.57. The topological polar surface area (TPSA) is 48.6 Å². The molecule has 1 aromatic heterocycles. The Morgan fingerprint density at radius 3 is 2.62 bits per heavy atom. The third-order valence-electron chi connectivity index (χ3n) is 2.73. The maximum atomic E-state index is 11.4. The number of aromatic amines is 2. The summed E-state index contributed by atoms with van der Waals surface area (Å²) in [5.74, 6) is 0.531. The largest absolute Gasteiger partial charge is 0.335 e. The quantitative estimate of drug-likeness (QED) is 0.675. The van der Waals surface area contributed by atoms with Crippen molar-refractivity contribution in [2.24, 2.45) is 0 Å². The van der Waals surface area contributed by atoms with Crippen LogP contribution in [0.5, 0.6) is 0 Å². The lowest BCUT2D eigenvalue weighted by Gasteiger charge is -2.26. The number of aromatic nitrogens is 2. The fourth-order valence-electron chi connectivity index (χ4n) is 1.67. The van der Waals surface area contributed by atoms with Crippen LogP contribution < -0.4 is 5.56 Å². The molecule has 2 N–H and O–H groups in total. The predicted octanol–water partition coefficient (Wildman–Crippen LogP) is 2.01. The number of rotatable bonds is 1. The zero-order valence-corrected chi connectivity index (χ0v) is 8.33. The minimum absolute atomic E-state index is 0.0503. The van der Waals surface area contributed by atoms with Gasteiger partial charge in [-0.3, -0.25) is 9.78 Å². The van der Waals surface area contributed by atoms with E-state index in [0.717, 1.165) is 11.3 Å². The van der Waals surface area contributed by atoms with Crippen LogP contribution in [0.3, 0.4) is 0 Å². The van der Waals surface area contributed by atoms with Gasteiger partial charge in [-0.15, -0.1) is 0 Å². The molecule has 3 nitrogen and oxygen atoms in total. The normalized spacial score (nSPS) is 17.0. The maximum absolute atomic E-state index is 11.4. The van der Waals surface area contributed by atoms with E-state index in [1.54, 1.807) is 0 Å². The van der Waals surface area contributed by atoms with E-state index in [-0.39, 0.29) is 5.56 Å². The van der Waals surface area contributed by atoms with Gasteiger partial charge < -0.3 is 4.98 Å². The number of hydrogen-bond donors (Lipinski definition) is 2. The molecule has 4 heteroatoms. The molecule has 1 aromatic rings. The van der Waals surface area contributed by atoms with E-state index < -0.39 is 0 Å². The second-order valence-corrected chi connectivity index (χ2v) is 3.98. The van der Waals surface area contributed by atoms with Gasteiger partial charge in [0.05, 0.1) is 0 Å². The molecule has 0 bridgehead atoms. The van der Waals surface area contributed by atoms with Crippen LogP contribution in [0.1, 0.15) is 36.4 Å². The van der Waals surface area contributed by atoms with Crippen LogP contribution in [0, 0.1) is 11.7 Å². The van der Waals surface area contributed by atoms with Crippen LogP contribution >= 0.6 is 12.2 Å². The summed E-state index contributed by atoms with van der Waals surface area (Å²) in [7, 11) is 0. The summed E-state index contributed by atoms with van der Waals surface area (Å²) in [6, 6.07) is 0. The summed E-state index contributed by atoms with van der Waals surface area (Å²) >= 11 is 4.93. The van der Waals surface area contributed by atoms with Gasteiger partial charge in [-0.25, -0.2) is 0 Å². The Morgan fingerprint density at radius 1 is 1.38 bits per heavy atom. The lowest BCUT2D eigenvalue weighted by molar-refractivity contribution is 0.408. The summed E-state index contributed by atoms with van der Waals surface area (Å²) < 4.78 is 0.442. The Bertz CT molecular complexity index is 428. The SMILES string of the molecule is Cc1c(C2CCC2)[nH]c(=S)[nH]c1=O. The molecule has 2 rings (SSSR count). The average molecular weight is 196 g/mol. The molecule has 0 saturated heterocycles. The smallest absolute Gasteiger partial charge is 0.254 e. The van der Waals surface area contributed by atoms with Crippen LogP contribution in [0.15, 0.2) is 4.79 Å². The highest BCUT2D eigenvalue weighted by atomic mass is 32.1. The van der Waals surface area contributed by atoms with E-state index in [4.69, 9.17) is 12.2 Å². The van der Waals surface area contributed by atoms with Crippen LogP contribution in [0.4, 0.5) is 0 Å². The molecule has 0 amide bonds. The van der Waals surface area contributed by atoms with E-state index in [9.17, 15) is 4.79 Å². The zero-order chi connectivity index (χ0) is 9.42. The Kier molecular flexibility index (Phi) is 2.07. The Hall–Kier alpha value is -0.900. The highest BCUT2D eigenvalue weighted by Gasteiger charge is 2.22. The molecule has 1 aliphatic carbocycles. The first kappa shape index (κ1) is 8.69. The monoisotopic (exact) mass is 196 g/mol. The fourth-order valence-corrected chi connectivity index (χ4v) is 1.87. The van der Waals surface area contributed by atoms with Gasteiger partial charge in [-0.2, -0.15) is 0 Å². The second kappa shape index (κ2) is 3.10. The van der Waals surface area contributed by atoms with Crippen molar-refractivity contribution in [1.29, 1.82) is 0 Å². The first-order chi connectivity index (χ1) is 6.18. The van der Waals surface area contributed by atoms with E-state index in [1.165, 1.54) is 19.3 Å². The summed E-state index contributed by atoms with van der Waals surface area (Å²) in [5, 5.41) is 0. The minimum Gasteiger partial charge on any atom is -0.335 e. The van der Waals surface area contributed by atoms with Crippen LogP contribution in [0.25, 0.3) is 0 Å². The van der Waals surface area contributed by atoms with Gasteiger partial charge in [0.15, 0.2) is 4.77 Å². The third kappa shape index (κ3) is 1.46. The molecular weight excluding hydrogens is 184 g/mol. The number of hydrogen-bond acceptors (Lipinski definition) is 2. The minimum atomic E-state index is -0.0503. The molecule has 0 atom stereocenters. The first-order valence-electron chi connectivity index (χ1n) is 4.51. The Labute approximate surface area is 81.2 Å². The van der Waals surface area contributed by atoms with Crippen molar-refractivity contribution in [3.63, 3.8) is 0 Å². The third-order valence-corrected chi connectivity index (χ3v) is 2.94. The Morgan fingerprint density at radius 2 is 2.08 bits per heavy atom. The van der Waals surface area contributed by atoms with Gasteiger partial charge >= 0.3 is 0 Å². The van der Waals surface area contributed by atoms with Crippen molar-refractivity contribution in [1.82, 2.24) is 9.97 Å². The molecular formula is C9H12N2OS. The summed E-state index contributed by atoms with van der Waals surface area (Å²) in [6.45, 7) is 1.84. The highest BCUT2D eigenvalue weighted by molar-refractivity contribution is 7.71. The van der Waals surface area contributed by atoms with E-state index in [2.05, 4.69) is 9.97 Å². The molecule has 13 heavy (non-hydrogen) atoms. The first-order valence-corrected chi connectivity index (χ1v) is 4.92. The number of H-pyrrole nitrogens is 2. The van der Waals surface area contributed by atoms with Crippen molar-refractivity contribution in [3.8, 4) is 0 Å². The van der Waals surface area contributed by atoms with E-state index >= 15 is 0 Å². The van der Waals surface area contributed by atoms with Gasteiger partial charge in [0, 0.05) is 11.3 Å². The summed E-state index contributed by atoms with van der Waals surface area (Å²) in [4.78, 5) is 17.0. The zero-order valence-electron chi connectivity index (χ0n) is 7.52. The molecule has 1 aliphatic rings. The fraction of sp³-hybridized carbons (Fsp3) is 0.556. The molecule has 70 valence electrons. The molecule has 1 saturated carbocycles. The van der Waals surface area contributed by atoms with Crippen molar-refractivity contribution < 1.29 is 0 Å². The van der Waals surface area contributed by atoms with Crippen LogP contribution in [0.2, 0.25) is 0 Å². The molecule has 0 unspecified atom stereocenters. The van der Waals surface area contributed by atoms with Crippen LogP contribution in [-0.4, -0.2) is 9.97 Å². The molecule has 1 fully saturated rings. The van der Waals surface area contributed by atoms with Gasteiger partial charge in [0.2, 0.25) is 0 Å².